The Bertz CT molecular complexity index is 688. The predicted octanol–water partition coefficient (Wildman–Crippen LogP) is 3.86. The van der Waals surface area contributed by atoms with Crippen molar-refractivity contribution in [2.24, 2.45) is 0 Å². The maximum absolute atomic E-state index is 11.8. The third-order valence-electron chi connectivity index (χ3n) is 3.20. The van der Waals surface area contributed by atoms with Gasteiger partial charge in [0, 0.05) is 5.56 Å². The minimum atomic E-state index is -0.235. The molecule has 0 radical (unpaired) electrons. The zero-order valence-electron chi connectivity index (χ0n) is 12.1. The highest BCUT2D eigenvalue weighted by atomic mass is 16.5. The summed E-state index contributed by atoms with van der Waals surface area (Å²) in [6.07, 6.45) is 4.01. The van der Waals surface area contributed by atoms with E-state index in [4.69, 9.17) is 9.15 Å². The molecule has 0 aliphatic heterocycles. The van der Waals surface area contributed by atoms with Crippen LogP contribution in [-0.4, -0.2) is 18.0 Å². The van der Waals surface area contributed by atoms with Crippen LogP contribution in [0.15, 0.2) is 28.4 Å². The average Bonchev–Trinajstić information content (AvgIpc) is 2.84. The molecule has 0 amide bonds. The quantitative estimate of drug-likeness (QED) is 0.679. The van der Waals surface area contributed by atoms with E-state index < -0.39 is 0 Å². The third-order valence-corrected chi connectivity index (χ3v) is 3.20. The van der Waals surface area contributed by atoms with Crippen LogP contribution >= 0.6 is 0 Å². The Balaban J connectivity index is 2.80. The van der Waals surface area contributed by atoms with Crippen molar-refractivity contribution < 1.29 is 19.1 Å². The van der Waals surface area contributed by atoms with Crippen LogP contribution in [0, 0.1) is 0 Å². The first kappa shape index (κ1) is 14.2. The van der Waals surface area contributed by atoms with Crippen LogP contribution in [0.5, 0.6) is 11.5 Å². The molecule has 20 heavy (non-hydrogen) atoms. The maximum atomic E-state index is 11.8. The summed E-state index contributed by atoms with van der Waals surface area (Å²) in [5, 5.41) is 11.1. The molecular formula is C16H18O4. The summed E-state index contributed by atoms with van der Waals surface area (Å²) in [5.41, 5.74) is 2.50. The van der Waals surface area contributed by atoms with E-state index in [0.29, 0.717) is 28.7 Å². The second kappa shape index (κ2) is 5.41. The van der Waals surface area contributed by atoms with Crippen molar-refractivity contribution in [2.75, 3.05) is 7.11 Å². The molecule has 0 bridgehead atoms. The van der Waals surface area contributed by atoms with Crippen molar-refractivity contribution in [3.8, 4) is 11.5 Å². The van der Waals surface area contributed by atoms with Crippen molar-refractivity contribution >= 4 is 16.8 Å². The molecule has 4 heteroatoms. The van der Waals surface area contributed by atoms with Crippen molar-refractivity contribution in [1.29, 1.82) is 0 Å². The van der Waals surface area contributed by atoms with E-state index in [9.17, 15) is 9.90 Å². The van der Waals surface area contributed by atoms with Gasteiger partial charge in [-0.2, -0.15) is 0 Å². The molecule has 2 rings (SSSR count). The third kappa shape index (κ3) is 2.29. The second-order valence-electron chi connectivity index (χ2n) is 4.94. The van der Waals surface area contributed by atoms with Gasteiger partial charge in [-0.15, -0.1) is 0 Å². The zero-order valence-corrected chi connectivity index (χ0v) is 12.1. The number of rotatable bonds is 4. The van der Waals surface area contributed by atoms with Crippen LogP contribution in [0.4, 0.5) is 0 Å². The Morgan fingerprint density at radius 1 is 1.40 bits per heavy atom. The highest BCUT2D eigenvalue weighted by Gasteiger charge is 2.23. The topological polar surface area (TPSA) is 59.7 Å². The maximum Gasteiger partial charge on any atom is 0.167 e. The van der Waals surface area contributed by atoms with E-state index in [-0.39, 0.29) is 17.1 Å². The van der Waals surface area contributed by atoms with Gasteiger partial charge in [-0.25, -0.2) is 0 Å². The zero-order chi connectivity index (χ0) is 14.9. The van der Waals surface area contributed by atoms with Crippen LogP contribution < -0.4 is 4.74 Å². The molecule has 0 atom stereocenters. The van der Waals surface area contributed by atoms with Crippen LogP contribution in [0.1, 0.15) is 36.7 Å². The molecule has 0 saturated heterocycles. The highest BCUT2D eigenvalue weighted by molar-refractivity contribution is 6.06. The van der Waals surface area contributed by atoms with E-state index in [1.807, 2.05) is 19.9 Å². The molecule has 0 aliphatic carbocycles. The molecular weight excluding hydrogens is 256 g/mol. The molecule has 4 nitrogen and oxygen atoms in total. The first-order valence-corrected chi connectivity index (χ1v) is 6.40. The van der Waals surface area contributed by atoms with Gasteiger partial charge in [0.05, 0.1) is 18.8 Å². The number of carbonyl (C=O) groups is 1. The number of phenolic OH excluding ortho intramolecular Hbond substituents is 1. The fourth-order valence-corrected chi connectivity index (χ4v) is 2.26. The lowest BCUT2D eigenvalue weighted by atomic mass is 9.98. The molecule has 1 aromatic heterocycles. The first-order valence-electron chi connectivity index (χ1n) is 6.40. The average molecular weight is 274 g/mol. The minimum absolute atomic E-state index is 0.0608. The Labute approximate surface area is 117 Å². The van der Waals surface area contributed by atoms with E-state index in [1.54, 1.807) is 6.07 Å². The van der Waals surface area contributed by atoms with Crippen LogP contribution in [0.3, 0.4) is 0 Å². The summed E-state index contributed by atoms with van der Waals surface area (Å²) >= 11 is 0. The second-order valence-corrected chi connectivity index (χ2v) is 4.94. The number of hydrogen-bond donors (Lipinski definition) is 1. The molecule has 2 aromatic rings. The summed E-state index contributed by atoms with van der Waals surface area (Å²) in [7, 11) is 1.48. The molecule has 106 valence electrons. The number of allylic oxidation sites excluding steroid dienone is 2. The standard InChI is InChI=1S/C16H18O4/c1-9(2)5-6-11-14(18)13(10(3)17)16(19-4)12-7-8-20-15(11)12/h5,7-8,18H,6H2,1-4H3. The van der Waals surface area contributed by atoms with Crippen molar-refractivity contribution in [3.63, 3.8) is 0 Å². The molecule has 0 saturated carbocycles. The Hall–Kier alpha value is -2.23. The molecule has 1 heterocycles. The fourth-order valence-electron chi connectivity index (χ4n) is 2.26. The summed E-state index contributed by atoms with van der Waals surface area (Å²) < 4.78 is 10.7. The van der Waals surface area contributed by atoms with Crippen LogP contribution in [0.2, 0.25) is 0 Å². The molecule has 0 unspecified atom stereocenters. The molecule has 0 aliphatic rings. The predicted molar refractivity (Wildman–Crippen MR) is 77.6 cm³/mol. The molecule has 0 spiro atoms. The largest absolute Gasteiger partial charge is 0.507 e. The van der Waals surface area contributed by atoms with Gasteiger partial charge >= 0.3 is 0 Å². The number of furan rings is 1. The number of aromatic hydroxyl groups is 1. The summed E-state index contributed by atoms with van der Waals surface area (Å²) in [5.74, 6) is 0.0647. The Morgan fingerprint density at radius 3 is 2.65 bits per heavy atom. The lowest BCUT2D eigenvalue weighted by Crippen LogP contribution is -2.01. The lowest BCUT2D eigenvalue weighted by Gasteiger charge is -2.13. The fraction of sp³-hybridized carbons (Fsp3) is 0.312. The van der Waals surface area contributed by atoms with Gasteiger partial charge in [0.2, 0.25) is 0 Å². The first-order chi connectivity index (χ1) is 9.47. The van der Waals surface area contributed by atoms with Gasteiger partial charge in [-0.3, -0.25) is 4.79 Å². The number of ketones is 1. The van der Waals surface area contributed by atoms with E-state index in [1.165, 1.54) is 20.3 Å². The van der Waals surface area contributed by atoms with E-state index >= 15 is 0 Å². The smallest absolute Gasteiger partial charge is 0.167 e. The van der Waals surface area contributed by atoms with Crippen molar-refractivity contribution in [2.45, 2.75) is 27.2 Å². The number of methoxy groups -OCH3 is 1. The normalized spacial score (nSPS) is 10.6. The Kier molecular flexibility index (Phi) is 3.84. The van der Waals surface area contributed by atoms with Crippen molar-refractivity contribution in [1.82, 2.24) is 0 Å². The number of ether oxygens (including phenoxy) is 1. The van der Waals surface area contributed by atoms with Crippen LogP contribution in [0.25, 0.3) is 11.0 Å². The minimum Gasteiger partial charge on any atom is -0.507 e. The van der Waals surface area contributed by atoms with E-state index in [2.05, 4.69) is 0 Å². The number of hydrogen-bond acceptors (Lipinski definition) is 4. The number of Topliss-reactive ketones (excluding diaryl/α,β-unsaturated/α-hetero) is 1. The van der Waals surface area contributed by atoms with Gasteiger partial charge in [0.25, 0.3) is 0 Å². The number of fused-ring (bicyclic) bond motifs is 1. The number of phenols is 1. The lowest BCUT2D eigenvalue weighted by molar-refractivity contribution is 0.101. The van der Waals surface area contributed by atoms with Crippen LogP contribution in [-0.2, 0) is 6.42 Å². The number of benzene rings is 1. The number of carbonyl (C=O) groups excluding carboxylic acids is 1. The summed E-state index contributed by atoms with van der Waals surface area (Å²) in [4.78, 5) is 11.8. The highest BCUT2D eigenvalue weighted by Crippen LogP contribution is 2.41. The van der Waals surface area contributed by atoms with Gasteiger partial charge in [0.1, 0.15) is 22.6 Å². The summed E-state index contributed by atoms with van der Waals surface area (Å²) in [6.45, 7) is 5.37. The summed E-state index contributed by atoms with van der Waals surface area (Å²) in [6, 6.07) is 1.74. The molecule has 0 fully saturated rings. The van der Waals surface area contributed by atoms with Gasteiger partial charge in [-0.1, -0.05) is 11.6 Å². The molecule has 1 N–H and O–H groups in total. The SMILES string of the molecule is COc1c(C(C)=O)c(O)c(CC=C(C)C)c2occc12. The van der Waals surface area contributed by atoms with E-state index in [0.717, 1.165) is 5.57 Å². The van der Waals surface area contributed by atoms with Gasteiger partial charge < -0.3 is 14.3 Å². The van der Waals surface area contributed by atoms with Crippen molar-refractivity contribution in [3.05, 3.63) is 35.1 Å². The van der Waals surface area contributed by atoms with Gasteiger partial charge in [-0.05, 0) is 33.3 Å². The molecule has 1 aromatic carbocycles. The Morgan fingerprint density at radius 2 is 2.10 bits per heavy atom. The van der Waals surface area contributed by atoms with Gasteiger partial charge in [0.15, 0.2) is 5.78 Å². The monoisotopic (exact) mass is 274 g/mol.